The van der Waals surface area contributed by atoms with Crippen molar-refractivity contribution >= 4 is 33.7 Å². The molecule has 0 radical (unpaired) electrons. The largest absolute Gasteiger partial charge is 0.486 e. The lowest BCUT2D eigenvalue weighted by Gasteiger charge is -2.41. The molecule has 4 fully saturated rings. The van der Waals surface area contributed by atoms with Crippen molar-refractivity contribution in [1.82, 2.24) is 64.1 Å². The molecular formula is C58H66F5N15O2. The first-order valence-electron chi connectivity index (χ1n) is 27.5. The molecule has 4 aliphatic rings. The maximum absolute atomic E-state index is 15.2. The van der Waals surface area contributed by atoms with E-state index < -0.39 is 30.0 Å². The number of anilines is 2. The third-order valence-electron chi connectivity index (χ3n) is 16.4. The average molecular weight is 1100 g/mol. The van der Waals surface area contributed by atoms with E-state index in [0.717, 1.165) is 115 Å². The summed E-state index contributed by atoms with van der Waals surface area (Å²) in [6.07, 6.45) is 10.0. The normalized spacial score (nSPS) is 20.9. The fraction of sp³-hybridized carbons (Fsp3) is 0.431. The second-order valence-corrected chi connectivity index (χ2v) is 21.5. The number of hydrogen-bond donors (Lipinski definition) is 2. The van der Waals surface area contributed by atoms with Gasteiger partial charge in [0.05, 0.1) is 28.4 Å². The van der Waals surface area contributed by atoms with E-state index >= 15 is 8.78 Å². The molecule has 0 unspecified atom stereocenters. The third-order valence-corrected chi connectivity index (χ3v) is 16.4. The molecule has 420 valence electrons. The van der Waals surface area contributed by atoms with Crippen LogP contribution in [0.5, 0.6) is 11.5 Å². The number of likely N-dealkylation sites (N-methyl/N-ethyl adjacent to an activating group) is 2. The van der Waals surface area contributed by atoms with Crippen LogP contribution in [0.1, 0.15) is 80.1 Å². The second kappa shape index (κ2) is 23.7. The number of nitrogen functional groups attached to an aromatic ring is 2. The number of aromatic nitrogens is 9. The SMILES string of the molecule is CN1CCN(C2CCC(n3nc(-c4ccc(OCc5ccccc5C(F)(F)F)c(F)c4)c4c(N)ncnc43)CC2)CC1.CN1CCN(C2CCC(n3nc(-c4ccc(OCc5ccncc5)c(F)c4)c4c(N)ncnc43)CC2)CC1. The predicted molar refractivity (Wildman–Crippen MR) is 295 cm³/mol. The topological polar surface area (TPSA) is 184 Å². The first kappa shape index (κ1) is 54.6. The molecule has 0 atom stereocenters. The minimum atomic E-state index is -4.53. The van der Waals surface area contributed by atoms with Crippen molar-refractivity contribution in [3.05, 3.63) is 126 Å². The second-order valence-electron chi connectivity index (χ2n) is 21.5. The van der Waals surface area contributed by atoms with E-state index in [4.69, 9.17) is 31.1 Å². The molecule has 80 heavy (non-hydrogen) atoms. The molecule has 22 heteroatoms. The lowest BCUT2D eigenvalue weighted by Crippen LogP contribution is -2.49. The van der Waals surface area contributed by atoms with Crippen LogP contribution in [-0.2, 0) is 19.4 Å². The summed E-state index contributed by atoms with van der Waals surface area (Å²) in [5.41, 5.74) is 16.0. The van der Waals surface area contributed by atoms with Gasteiger partial charge >= 0.3 is 6.18 Å². The number of alkyl halides is 3. The Morgan fingerprint density at radius 2 is 0.975 bits per heavy atom. The summed E-state index contributed by atoms with van der Waals surface area (Å²) in [5.74, 6) is -0.561. The number of halogens is 5. The highest BCUT2D eigenvalue weighted by Crippen LogP contribution is 2.41. The Morgan fingerprint density at radius 1 is 0.537 bits per heavy atom. The molecule has 4 N–H and O–H groups in total. The summed E-state index contributed by atoms with van der Waals surface area (Å²) >= 11 is 0. The molecule has 2 aliphatic heterocycles. The molecule has 3 aromatic carbocycles. The highest BCUT2D eigenvalue weighted by atomic mass is 19.4. The van der Waals surface area contributed by atoms with E-state index in [-0.39, 0.29) is 41.6 Å². The lowest BCUT2D eigenvalue weighted by molar-refractivity contribution is -0.138. The van der Waals surface area contributed by atoms with Crippen LogP contribution in [0.25, 0.3) is 44.6 Å². The van der Waals surface area contributed by atoms with Crippen LogP contribution in [-0.4, -0.2) is 143 Å². The van der Waals surface area contributed by atoms with Crippen LogP contribution in [0.2, 0.25) is 0 Å². The number of rotatable bonds is 12. The van der Waals surface area contributed by atoms with E-state index in [1.54, 1.807) is 24.5 Å². The van der Waals surface area contributed by atoms with Crippen LogP contribution in [0.4, 0.5) is 33.6 Å². The molecule has 0 bridgehead atoms. The fourth-order valence-electron chi connectivity index (χ4n) is 11.9. The monoisotopic (exact) mass is 1100 g/mol. The van der Waals surface area contributed by atoms with Gasteiger partial charge in [-0.2, -0.15) is 23.4 Å². The van der Waals surface area contributed by atoms with E-state index in [0.29, 0.717) is 62.5 Å². The Hall–Kier alpha value is -7.40. The van der Waals surface area contributed by atoms with Gasteiger partial charge in [-0.25, -0.2) is 38.1 Å². The quantitative estimate of drug-likeness (QED) is 0.110. The van der Waals surface area contributed by atoms with Crippen molar-refractivity contribution in [3.63, 3.8) is 0 Å². The van der Waals surface area contributed by atoms with Crippen molar-refractivity contribution in [2.75, 3.05) is 77.9 Å². The minimum absolute atomic E-state index is 0.0783. The van der Waals surface area contributed by atoms with Crippen LogP contribution in [0.3, 0.4) is 0 Å². The lowest BCUT2D eigenvalue weighted by atomic mass is 9.90. The first-order chi connectivity index (χ1) is 38.7. The molecular weight excluding hydrogens is 1030 g/mol. The molecule has 2 aliphatic carbocycles. The number of nitrogens with two attached hydrogens (primary N) is 2. The fourth-order valence-corrected chi connectivity index (χ4v) is 11.9. The highest BCUT2D eigenvalue weighted by molar-refractivity contribution is 5.99. The summed E-state index contributed by atoms with van der Waals surface area (Å²) in [6.45, 7) is 8.72. The number of ether oxygens (including phenoxy) is 2. The number of hydrogen-bond acceptors (Lipinski definition) is 15. The molecule has 2 saturated heterocycles. The molecule has 8 aromatic rings. The van der Waals surface area contributed by atoms with Gasteiger partial charge in [-0.15, -0.1) is 0 Å². The van der Waals surface area contributed by atoms with Gasteiger partial charge in [-0.1, -0.05) is 18.2 Å². The minimum Gasteiger partial charge on any atom is -0.486 e. The van der Waals surface area contributed by atoms with Gasteiger partial charge in [0.15, 0.2) is 34.4 Å². The zero-order chi connectivity index (χ0) is 55.5. The zero-order valence-electron chi connectivity index (χ0n) is 44.9. The van der Waals surface area contributed by atoms with Crippen molar-refractivity contribution < 1.29 is 31.4 Å². The Labute approximate surface area is 460 Å². The summed E-state index contributed by atoms with van der Waals surface area (Å²) in [7, 11) is 4.35. The smallest absolute Gasteiger partial charge is 0.416 e. The molecule has 2 saturated carbocycles. The molecule has 7 heterocycles. The summed E-state index contributed by atoms with van der Waals surface area (Å²) in [5, 5.41) is 11.0. The summed E-state index contributed by atoms with van der Waals surface area (Å²) < 4.78 is 85.4. The number of piperazine rings is 2. The van der Waals surface area contributed by atoms with Gasteiger partial charge in [0.1, 0.15) is 48.9 Å². The summed E-state index contributed by atoms with van der Waals surface area (Å²) in [6, 6.07) is 19.5. The average Bonchev–Trinajstić information content (AvgIpc) is 4.13. The standard InChI is InChI=1S/C30H33F4N7O.C28H33FN8O/c1-39-12-14-40(15-13-39)21-7-9-22(10-8-21)41-29-26(28(35)36-18-37-29)27(38-41)19-6-11-25(24(31)16-19)42-17-20-4-2-3-5-23(20)30(32,33)34;1-35-12-14-36(15-13-35)21-3-5-22(6-4-21)37-28-25(27(30)32-18-33-28)26(34-37)20-2-7-24(23(29)16-20)38-17-19-8-10-31-11-9-19/h2-6,11,16,18,21-22H,7-10,12-15,17H2,1H3,(H2,35,36,37);2,7-11,16,18,21-22H,3-6,12-15,17H2,1H3,(H2,30,32,33). The van der Waals surface area contributed by atoms with Gasteiger partial charge in [0, 0.05) is 93.5 Å². The predicted octanol–water partition coefficient (Wildman–Crippen LogP) is 9.46. The van der Waals surface area contributed by atoms with E-state index in [2.05, 4.69) is 58.6 Å². The van der Waals surface area contributed by atoms with Gasteiger partial charge in [0.25, 0.3) is 0 Å². The van der Waals surface area contributed by atoms with Crippen molar-refractivity contribution in [2.24, 2.45) is 0 Å². The Morgan fingerprint density at radius 3 is 1.43 bits per heavy atom. The van der Waals surface area contributed by atoms with Crippen LogP contribution < -0.4 is 20.9 Å². The Balaban J connectivity index is 0.000000170. The zero-order valence-corrected chi connectivity index (χ0v) is 44.9. The highest BCUT2D eigenvalue weighted by Gasteiger charge is 2.35. The molecule has 0 spiro atoms. The van der Waals surface area contributed by atoms with Crippen LogP contribution in [0.15, 0.2) is 97.8 Å². The molecule has 12 rings (SSSR count). The first-order valence-corrected chi connectivity index (χ1v) is 27.5. The number of pyridine rings is 1. The maximum Gasteiger partial charge on any atom is 0.416 e. The van der Waals surface area contributed by atoms with Crippen molar-refractivity contribution in [3.8, 4) is 34.0 Å². The maximum atomic E-state index is 15.2. The molecule has 17 nitrogen and oxygen atoms in total. The molecule has 5 aromatic heterocycles. The Bertz CT molecular complexity index is 3400. The van der Waals surface area contributed by atoms with Gasteiger partial charge in [0.2, 0.25) is 0 Å². The summed E-state index contributed by atoms with van der Waals surface area (Å²) in [4.78, 5) is 31.4. The third kappa shape index (κ3) is 11.9. The van der Waals surface area contributed by atoms with Gasteiger partial charge in [-0.05, 0) is 126 Å². The number of benzene rings is 3. The van der Waals surface area contributed by atoms with Gasteiger partial charge < -0.3 is 30.7 Å². The van der Waals surface area contributed by atoms with E-state index in [1.165, 1.54) is 49.1 Å². The number of nitrogens with zero attached hydrogens (tertiary/aromatic N) is 13. The van der Waals surface area contributed by atoms with Crippen LogP contribution >= 0.6 is 0 Å². The van der Waals surface area contributed by atoms with Crippen molar-refractivity contribution in [2.45, 2.75) is 94.9 Å². The van der Waals surface area contributed by atoms with Crippen LogP contribution in [0, 0.1) is 11.6 Å². The number of fused-ring (bicyclic) bond motifs is 2. The van der Waals surface area contributed by atoms with E-state index in [9.17, 15) is 13.2 Å². The Kier molecular flexibility index (Phi) is 16.2. The van der Waals surface area contributed by atoms with E-state index in [1.807, 2.05) is 27.6 Å². The van der Waals surface area contributed by atoms with Crippen molar-refractivity contribution in [1.29, 1.82) is 0 Å². The molecule has 0 amide bonds. The van der Waals surface area contributed by atoms with Gasteiger partial charge in [-0.3, -0.25) is 14.8 Å².